The molecule has 178 valence electrons. The van der Waals surface area contributed by atoms with Crippen LogP contribution in [-0.4, -0.2) is 24.3 Å². The fourth-order valence-electron chi connectivity index (χ4n) is 4.20. The van der Waals surface area contributed by atoms with E-state index in [0.717, 1.165) is 16.9 Å². The SMILES string of the molecule is COc1ccc(OC)c(N2C(=S)N[C@H](c3ccccn3)[C@H]2c2ccc(-c3ccc(Cl)c(Cl)c3)o2)c1. The molecule has 0 radical (unpaired) electrons. The summed E-state index contributed by atoms with van der Waals surface area (Å²) < 4.78 is 17.5. The maximum atomic E-state index is 6.39. The van der Waals surface area contributed by atoms with Crippen LogP contribution in [0.1, 0.15) is 23.5 Å². The summed E-state index contributed by atoms with van der Waals surface area (Å²) in [5.41, 5.74) is 2.40. The number of pyridine rings is 1. The molecule has 0 amide bonds. The van der Waals surface area contributed by atoms with E-state index in [9.17, 15) is 0 Å². The third-order valence-corrected chi connectivity index (χ3v) is 6.92. The van der Waals surface area contributed by atoms with Crippen molar-refractivity contribution in [1.29, 1.82) is 0 Å². The Morgan fingerprint density at radius 2 is 1.83 bits per heavy atom. The number of hydrogen-bond donors (Lipinski definition) is 1. The van der Waals surface area contributed by atoms with E-state index in [2.05, 4.69) is 10.3 Å². The Morgan fingerprint density at radius 3 is 2.54 bits per heavy atom. The number of furan rings is 1. The summed E-state index contributed by atoms with van der Waals surface area (Å²) in [7, 11) is 3.24. The molecule has 1 aliphatic heterocycles. The van der Waals surface area contributed by atoms with Gasteiger partial charge in [-0.1, -0.05) is 29.3 Å². The molecule has 35 heavy (non-hydrogen) atoms. The largest absolute Gasteiger partial charge is 0.497 e. The summed E-state index contributed by atoms with van der Waals surface area (Å²) in [6, 6.07) is 20.0. The summed E-state index contributed by atoms with van der Waals surface area (Å²) in [6.07, 6.45) is 1.76. The molecule has 6 nitrogen and oxygen atoms in total. The van der Waals surface area contributed by atoms with Gasteiger partial charge in [-0.2, -0.15) is 0 Å². The number of aromatic nitrogens is 1. The quantitative estimate of drug-likeness (QED) is 0.276. The number of nitrogens with zero attached hydrogens (tertiary/aromatic N) is 2. The molecule has 2 aromatic heterocycles. The molecule has 1 fully saturated rings. The number of hydrogen-bond acceptors (Lipinski definition) is 5. The summed E-state index contributed by atoms with van der Waals surface area (Å²) in [5.74, 6) is 2.69. The van der Waals surface area contributed by atoms with Crippen molar-refractivity contribution in [3.05, 3.63) is 94.4 Å². The molecular formula is C26H21Cl2N3O3S. The van der Waals surface area contributed by atoms with Gasteiger partial charge in [-0.3, -0.25) is 4.98 Å². The second-order valence-corrected chi connectivity index (χ2v) is 9.07. The molecule has 0 spiro atoms. The van der Waals surface area contributed by atoms with E-state index in [1.54, 1.807) is 32.5 Å². The fraction of sp³-hybridized carbons (Fsp3) is 0.154. The molecule has 4 aromatic rings. The van der Waals surface area contributed by atoms with Crippen LogP contribution in [0.5, 0.6) is 11.5 Å². The van der Waals surface area contributed by atoms with Gasteiger partial charge in [0, 0.05) is 17.8 Å². The van der Waals surface area contributed by atoms with Crippen molar-refractivity contribution < 1.29 is 13.9 Å². The van der Waals surface area contributed by atoms with E-state index < -0.39 is 0 Å². The lowest BCUT2D eigenvalue weighted by atomic mass is 10.0. The number of methoxy groups -OCH3 is 2. The van der Waals surface area contributed by atoms with Gasteiger partial charge in [-0.05, 0) is 66.8 Å². The van der Waals surface area contributed by atoms with Crippen LogP contribution in [0.25, 0.3) is 11.3 Å². The average Bonchev–Trinajstić information content (AvgIpc) is 3.50. The Bertz CT molecular complexity index is 1380. The zero-order valence-corrected chi connectivity index (χ0v) is 21.2. The van der Waals surface area contributed by atoms with Gasteiger partial charge in [0.05, 0.1) is 41.7 Å². The lowest BCUT2D eigenvalue weighted by molar-refractivity contribution is 0.400. The fourth-order valence-corrected chi connectivity index (χ4v) is 4.84. The summed E-state index contributed by atoms with van der Waals surface area (Å²) in [4.78, 5) is 6.56. The molecule has 5 rings (SSSR count). The van der Waals surface area contributed by atoms with E-state index in [4.69, 9.17) is 49.3 Å². The second kappa shape index (κ2) is 9.77. The number of thiocarbonyl (C=S) groups is 1. The minimum absolute atomic E-state index is 0.271. The predicted molar refractivity (Wildman–Crippen MR) is 142 cm³/mol. The predicted octanol–water partition coefficient (Wildman–Crippen LogP) is 6.84. The van der Waals surface area contributed by atoms with Crippen LogP contribution in [0, 0.1) is 0 Å². The molecule has 0 saturated carbocycles. The molecule has 0 unspecified atom stereocenters. The minimum atomic E-state index is -0.352. The Balaban J connectivity index is 1.64. The third-order valence-electron chi connectivity index (χ3n) is 5.87. The molecule has 1 N–H and O–H groups in total. The highest BCUT2D eigenvalue weighted by Gasteiger charge is 2.43. The number of nitrogens with one attached hydrogen (secondary N) is 1. The molecule has 2 aromatic carbocycles. The molecular weight excluding hydrogens is 505 g/mol. The van der Waals surface area contributed by atoms with Gasteiger partial charge >= 0.3 is 0 Å². The first-order valence-corrected chi connectivity index (χ1v) is 11.9. The number of halogens is 2. The molecule has 0 bridgehead atoms. The van der Waals surface area contributed by atoms with Gasteiger partial charge in [0.15, 0.2) is 5.11 Å². The van der Waals surface area contributed by atoms with E-state index in [-0.39, 0.29) is 12.1 Å². The first kappa shape index (κ1) is 23.5. The smallest absolute Gasteiger partial charge is 0.174 e. The van der Waals surface area contributed by atoms with Gasteiger partial charge in [0.2, 0.25) is 0 Å². The Hall–Kier alpha value is -3.26. The van der Waals surface area contributed by atoms with Gasteiger partial charge in [0.1, 0.15) is 29.1 Å². The van der Waals surface area contributed by atoms with Crippen LogP contribution in [-0.2, 0) is 0 Å². The van der Waals surface area contributed by atoms with Crippen molar-refractivity contribution in [2.24, 2.45) is 0 Å². The molecule has 9 heteroatoms. The minimum Gasteiger partial charge on any atom is -0.497 e. The van der Waals surface area contributed by atoms with Crippen molar-refractivity contribution >= 4 is 46.2 Å². The van der Waals surface area contributed by atoms with Crippen LogP contribution in [0.15, 0.2) is 77.3 Å². The maximum Gasteiger partial charge on any atom is 0.174 e. The number of anilines is 1. The molecule has 0 aliphatic carbocycles. The lowest BCUT2D eigenvalue weighted by Crippen LogP contribution is -2.29. The summed E-state index contributed by atoms with van der Waals surface area (Å²) in [6.45, 7) is 0. The van der Waals surface area contributed by atoms with Gasteiger partial charge in [0.25, 0.3) is 0 Å². The van der Waals surface area contributed by atoms with Crippen molar-refractivity contribution in [2.75, 3.05) is 19.1 Å². The average molecular weight is 526 g/mol. The normalized spacial score (nSPS) is 17.4. The van der Waals surface area contributed by atoms with Gasteiger partial charge in [-0.15, -0.1) is 0 Å². The van der Waals surface area contributed by atoms with Crippen LogP contribution in [0.4, 0.5) is 5.69 Å². The number of rotatable bonds is 6. The van der Waals surface area contributed by atoms with E-state index in [1.807, 2.05) is 59.5 Å². The van der Waals surface area contributed by atoms with E-state index >= 15 is 0 Å². The highest BCUT2D eigenvalue weighted by atomic mass is 35.5. The van der Waals surface area contributed by atoms with Crippen molar-refractivity contribution in [1.82, 2.24) is 10.3 Å². The van der Waals surface area contributed by atoms with E-state index in [1.165, 1.54) is 0 Å². The molecule has 2 atom stereocenters. The first-order chi connectivity index (χ1) is 17.0. The first-order valence-electron chi connectivity index (χ1n) is 10.8. The molecule has 1 aliphatic rings. The van der Waals surface area contributed by atoms with Crippen LogP contribution >= 0.6 is 35.4 Å². The Kier molecular flexibility index (Phi) is 6.56. The Labute approximate surface area is 218 Å². The summed E-state index contributed by atoms with van der Waals surface area (Å²) in [5, 5.41) is 4.88. The number of benzene rings is 2. The zero-order chi connectivity index (χ0) is 24.5. The Morgan fingerprint density at radius 1 is 0.971 bits per heavy atom. The van der Waals surface area contributed by atoms with E-state index in [0.29, 0.717) is 38.2 Å². The van der Waals surface area contributed by atoms with Crippen molar-refractivity contribution in [2.45, 2.75) is 12.1 Å². The van der Waals surface area contributed by atoms with Gasteiger partial charge < -0.3 is 24.1 Å². The van der Waals surface area contributed by atoms with Crippen molar-refractivity contribution in [3.63, 3.8) is 0 Å². The zero-order valence-electron chi connectivity index (χ0n) is 18.9. The summed E-state index contributed by atoms with van der Waals surface area (Å²) >= 11 is 18.2. The maximum absolute atomic E-state index is 6.39. The highest BCUT2D eigenvalue weighted by molar-refractivity contribution is 7.80. The molecule has 3 heterocycles. The van der Waals surface area contributed by atoms with Gasteiger partial charge in [-0.25, -0.2) is 0 Å². The van der Waals surface area contributed by atoms with Crippen molar-refractivity contribution in [3.8, 4) is 22.8 Å². The highest BCUT2D eigenvalue weighted by Crippen LogP contribution is 2.46. The number of ether oxygens (including phenoxy) is 2. The standard InChI is InChI=1S/C26H21Cl2N3O3S/c1-32-16-7-9-22(33-2)20(14-16)31-25(24(30-26(31)35)19-5-3-4-12-29-19)23-11-10-21(34-23)15-6-8-17(27)18(28)13-15/h3-14,24-25H,1-2H3,(H,30,35)/t24-,25-/m1/s1. The third kappa shape index (κ3) is 4.43. The van der Waals surface area contributed by atoms with Crippen LogP contribution in [0.3, 0.4) is 0 Å². The van der Waals surface area contributed by atoms with Crippen LogP contribution < -0.4 is 19.7 Å². The monoisotopic (exact) mass is 525 g/mol. The second-order valence-electron chi connectivity index (χ2n) is 7.87. The molecule has 1 saturated heterocycles. The van der Waals surface area contributed by atoms with Crippen LogP contribution in [0.2, 0.25) is 10.0 Å². The topological polar surface area (TPSA) is 59.8 Å². The lowest BCUT2D eigenvalue weighted by Gasteiger charge is -2.27.